The zero-order valence-electron chi connectivity index (χ0n) is 9.35. The third-order valence-corrected chi connectivity index (χ3v) is 1.81. The summed E-state index contributed by atoms with van der Waals surface area (Å²) < 4.78 is 10.1. The summed E-state index contributed by atoms with van der Waals surface area (Å²) in [7, 11) is 0. The van der Waals surface area contributed by atoms with Crippen LogP contribution in [0.15, 0.2) is 60.9 Å². The van der Waals surface area contributed by atoms with Crippen molar-refractivity contribution in [1.29, 1.82) is 0 Å². The van der Waals surface area contributed by atoms with Gasteiger partial charge in [-0.25, -0.2) is 5.43 Å². The monoisotopic (exact) mass is 245 g/mol. The van der Waals surface area contributed by atoms with Crippen LogP contribution in [0.5, 0.6) is 0 Å². The molecule has 0 aliphatic rings. The Morgan fingerprint density at radius 3 is 2.39 bits per heavy atom. The first kappa shape index (κ1) is 11.6. The van der Waals surface area contributed by atoms with Crippen molar-refractivity contribution in [3.05, 3.63) is 48.3 Å². The molecule has 0 unspecified atom stereocenters. The normalized spacial score (nSPS) is 12.6. The molecule has 7 heteroatoms. The third-order valence-electron chi connectivity index (χ3n) is 1.81. The zero-order valence-corrected chi connectivity index (χ0v) is 9.35. The van der Waals surface area contributed by atoms with Gasteiger partial charge in [0.05, 0.1) is 25.0 Å². The van der Waals surface area contributed by atoms with Crippen LogP contribution in [0.1, 0.15) is 11.5 Å². The molecule has 0 saturated carbocycles. The number of nitrogens with two attached hydrogens (primary N) is 1. The average molecular weight is 245 g/mol. The highest BCUT2D eigenvalue weighted by atomic mass is 16.3. The van der Waals surface area contributed by atoms with Crippen molar-refractivity contribution in [3.8, 4) is 0 Å². The molecule has 0 aromatic carbocycles. The Bertz CT molecular complexity index is 540. The van der Waals surface area contributed by atoms with E-state index in [1.54, 1.807) is 36.8 Å². The molecule has 0 bridgehead atoms. The molecule has 0 atom stereocenters. The molecule has 0 saturated heterocycles. The lowest BCUT2D eigenvalue weighted by Gasteiger charge is -1.93. The fourth-order valence-electron chi connectivity index (χ4n) is 1.06. The Hall–Kier alpha value is -2.83. The van der Waals surface area contributed by atoms with Crippen LogP contribution >= 0.6 is 0 Å². The summed E-state index contributed by atoms with van der Waals surface area (Å²) in [6.07, 6.45) is 6.00. The maximum absolute atomic E-state index is 5.50. The summed E-state index contributed by atoms with van der Waals surface area (Å²) in [5, 5.41) is 11.2. The van der Waals surface area contributed by atoms with Gasteiger partial charge in [-0.05, 0) is 24.3 Å². The molecular formula is C11H11N5O2. The van der Waals surface area contributed by atoms with Crippen LogP contribution in [-0.2, 0) is 0 Å². The molecule has 2 heterocycles. The van der Waals surface area contributed by atoms with E-state index in [2.05, 4.69) is 20.7 Å². The number of furan rings is 2. The molecule has 7 nitrogen and oxygen atoms in total. The first-order valence-electron chi connectivity index (χ1n) is 5.07. The lowest BCUT2D eigenvalue weighted by atomic mass is 10.5. The SMILES string of the molecule is N/C(=N/N=C\c1ccco1)N/N=C\c1ccco1. The van der Waals surface area contributed by atoms with Gasteiger partial charge in [-0.15, -0.1) is 5.10 Å². The maximum Gasteiger partial charge on any atom is 0.234 e. The molecule has 0 amide bonds. The molecule has 18 heavy (non-hydrogen) atoms. The van der Waals surface area contributed by atoms with Crippen molar-refractivity contribution >= 4 is 18.4 Å². The molecule has 0 aliphatic heterocycles. The summed E-state index contributed by atoms with van der Waals surface area (Å²) in [6.45, 7) is 0. The minimum atomic E-state index is 0.0561. The van der Waals surface area contributed by atoms with E-state index in [0.29, 0.717) is 11.5 Å². The summed E-state index contributed by atoms with van der Waals surface area (Å²) in [5.41, 5.74) is 8.00. The number of nitrogens with one attached hydrogen (secondary N) is 1. The van der Waals surface area contributed by atoms with E-state index in [-0.39, 0.29) is 5.96 Å². The van der Waals surface area contributed by atoms with Crippen LogP contribution in [0.4, 0.5) is 0 Å². The molecule has 0 aliphatic carbocycles. The van der Waals surface area contributed by atoms with Crippen LogP contribution in [0.25, 0.3) is 0 Å². The van der Waals surface area contributed by atoms with Crippen LogP contribution in [0, 0.1) is 0 Å². The van der Waals surface area contributed by atoms with Gasteiger partial charge in [0.25, 0.3) is 0 Å². The van der Waals surface area contributed by atoms with E-state index in [4.69, 9.17) is 14.6 Å². The molecule has 2 aromatic rings. The Kier molecular flexibility index (Phi) is 3.91. The Labute approximate surface area is 103 Å². The van der Waals surface area contributed by atoms with E-state index in [0.717, 1.165) is 0 Å². The van der Waals surface area contributed by atoms with Crippen LogP contribution in [0.2, 0.25) is 0 Å². The number of hydrogen-bond donors (Lipinski definition) is 2. The predicted octanol–water partition coefficient (Wildman–Crippen LogP) is 1.14. The lowest BCUT2D eigenvalue weighted by molar-refractivity contribution is 0.559. The molecule has 0 radical (unpaired) electrons. The van der Waals surface area contributed by atoms with E-state index >= 15 is 0 Å². The largest absolute Gasteiger partial charge is 0.463 e. The van der Waals surface area contributed by atoms with Crippen molar-refractivity contribution in [2.45, 2.75) is 0 Å². The second-order valence-electron chi connectivity index (χ2n) is 3.13. The van der Waals surface area contributed by atoms with Crippen LogP contribution < -0.4 is 11.2 Å². The van der Waals surface area contributed by atoms with Gasteiger partial charge in [0.2, 0.25) is 5.96 Å². The lowest BCUT2D eigenvalue weighted by Crippen LogP contribution is -2.26. The Morgan fingerprint density at radius 2 is 1.78 bits per heavy atom. The average Bonchev–Trinajstić information content (AvgIpc) is 3.01. The van der Waals surface area contributed by atoms with Crippen LogP contribution in [-0.4, -0.2) is 18.4 Å². The first-order chi connectivity index (χ1) is 8.84. The first-order valence-corrected chi connectivity index (χ1v) is 5.07. The van der Waals surface area contributed by atoms with E-state index in [9.17, 15) is 0 Å². The highest BCUT2D eigenvalue weighted by molar-refractivity contribution is 5.82. The summed E-state index contributed by atoms with van der Waals surface area (Å²) >= 11 is 0. The topological polar surface area (TPSA) is 101 Å². The number of nitrogens with zero attached hydrogens (tertiary/aromatic N) is 3. The highest BCUT2D eigenvalue weighted by Crippen LogP contribution is 1.95. The van der Waals surface area contributed by atoms with Gasteiger partial charge in [-0.3, -0.25) is 0 Å². The van der Waals surface area contributed by atoms with Crippen molar-refractivity contribution < 1.29 is 8.83 Å². The van der Waals surface area contributed by atoms with Gasteiger partial charge in [0, 0.05) is 0 Å². The number of hydrogen-bond acceptors (Lipinski definition) is 5. The molecule has 2 rings (SSSR count). The standard InChI is InChI=1S/C11H11N5O2/c12-11(15-13-7-9-3-1-5-17-9)16-14-8-10-4-2-6-18-10/h1-8H,(H3,12,15,16)/b13-7-,14-8-. The minimum Gasteiger partial charge on any atom is -0.463 e. The van der Waals surface area contributed by atoms with E-state index < -0.39 is 0 Å². The smallest absolute Gasteiger partial charge is 0.234 e. The van der Waals surface area contributed by atoms with Gasteiger partial charge in [-0.2, -0.15) is 10.2 Å². The fraction of sp³-hybridized carbons (Fsp3) is 0. The second kappa shape index (κ2) is 6.04. The van der Waals surface area contributed by atoms with Crippen LogP contribution in [0.3, 0.4) is 0 Å². The molecule has 0 spiro atoms. The second-order valence-corrected chi connectivity index (χ2v) is 3.13. The summed E-state index contributed by atoms with van der Waals surface area (Å²) in [6, 6.07) is 7.01. The quantitative estimate of drug-likeness (QED) is 0.479. The minimum absolute atomic E-state index is 0.0561. The van der Waals surface area contributed by atoms with Gasteiger partial charge in [-0.1, -0.05) is 0 Å². The fourth-order valence-corrected chi connectivity index (χ4v) is 1.06. The van der Waals surface area contributed by atoms with E-state index in [1.165, 1.54) is 12.4 Å². The van der Waals surface area contributed by atoms with Crippen molar-refractivity contribution in [3.63, 3.8) is 0 Å². The number of rotatable bonds is 4. The molecular weight excluding hydrogens is 234 g/mol. The van der Waals surface area contributed by atoms with Gasteiger partial charge in [0.1, 0.15) is 11.5 Å². The van der Waals surface area contributed by atoms with Crippen molar-refractivity contribution in [1.82, 2.24) is 5.43 Å². The molecule has 2 aromatic heterocycles. The maximum atomic E-state index is 5.50. The van der Waals surface area contributed by atoms with Crippen molar-refractivity contribution in [2.24, 2.45) is 21.0 Å². The third kappa shape index (κ3) is 3.63. The Balaban J connectivity index is 1.82. The van der Waals surface area contributed by atoms with Gasteiger partial charge in [0.15, 0.2) is 0 Å². The van der Waals surface area contributed by atoms with E-state index in [1.807, 2.05) is 0 Å². The van der Waals surface area contributed by atoms with Crippen molar-refractivity contribution in [2.75, 3.05) is 0 Å². The molecule has 3 N–H and O–H groups in total. The molecule has 0 fully saturated rings. The predicted molar refractivity (Wildman–Crippen MR) is 67.4 cm³/mol. The summed E-state index contributed by atoms with van der Waals surface area (Å²) in [4.78, 5) is 0. The number of guanidine groups is 1. The molecule has 92 valence electrons. The highest BCUT2D eigenvalue weighted by Gasteiger charge is 1.90. The number of hydrazone groups is 1. The summed E-state index contributed by atoms with van der Waals surface area (Å²) in [5.74, 6) is 1.25. The zero-order chi connectivity index (χ0) is 12.6. The van der Waals surface area contributed by atoms with Gasteiger partial charge < -0.3 is 14.6 Å². The Morgan fingerprint density at radius 1 is 1.11 bits per heavy atom. The van der Waals surface area contributed by atoms with Gasteiger partial charge >= 0.3 is 0 Å².